The predicted molar refractivity (Wildman–Crippen MR) is 138 cm³/mol. The number of fused-ring (bicyclic) bond motifs is 1. The minimum atomic E-state index is -0.760. The zero-order valence-electron chi connectivity index (χ0n) is 21.2. The quantitative estimate of drug-likeness (QED) is 0.383. The van der Waals surface area contributed by atoms with Gasteiger partial charge in [-0.05, 0) is 57.0 Å². The Labute approximate surface area is 209 Å². The third kappa shape index (κ3) is 4.68. The third-order valence-electron chi connectivity index (χ3n) is 6.12. The SMILES string of the molecule is CCOc1ccc(CNC(=O)C(CC)n2nc(C)c3nn(-c4ccccc4)c(C)c3c2=O)cc1OC. The van der Waals surface area contributed by atoms with Crippen LogP contribution in [0.5, 0.6) is 11.5 Å². The monoisotopic (exact) mass is 489 g/mol. The third-order valence-corrected chi connectivity index (χ3v) is 6.12. The van der Waals surface area contributed by atoms with Gasteiger partial charge in [0.15, 0.2) is 11.5 Å². The van der Waals surface area contributed by atoms with Crippen LogP contribution in [0.2, 0.25) is 0 Å². The number of rotatable bonds is 9. The van der Waals surface area contributed by atoms with Crippen molar-refractivity contribution in [2.24, 2.45) is 0 Å². The molecule has 0 aliphatic rings. The summed E-state index contributed by atoms with van der Waals surface area (Å²) in [7, 11) is 1.58. The van der Waals surface area contributed by atoms with Gasteiger partial charge in [0.25, 0.3) is 5.56 Å². The number of nitrogens with one attached hydrogen (secondary N) is 1. The Morgan fingerprint density at radius 3 is 2.47 bits per heavy atom. The highest BCUT2D eigenvalue weighted by Gasteiger charge is 2.25. The normalized spacial score (nSPS) is 11.9. The van der Waals surface area contributed by atoms with Crippen molar-refractivity contribution >= 4 is 16.8 Å². The summed E-state index contributed by atoms with van der Waals surface area (Å²) in [5.41, 5.74) is 3.20. The van der Waals surface area contributed by atoms with Crippen LogP contribution in [0.1, 0.15) is 43.3 Å². The molecule has 0 saturated heterocycles. The summed E-state index contributed by atoms with van der Waals surface area (Å²) in [5.74, 6) is 0.958. The minimum absolute atomic E-state index is 0.277. The second-order valence-electron chi connectivity index (χ2n) is 8.45. The van der Waals surface area contributed by atoms with Gasteiger partial charge in [0.05, 0.1) is 36.2 Å². The first-order valence-corrected chi connectivity index (χ1v) is 12.0. The van der Waals surface area contributed by atoms with Crippen molar-refractivity contribution in [3.63, 3.8) is 0 Å². The molecule has 2 aromatic carbocycles. The highest BCUT2D eigenvalue weighted by Crippen LogP contribution is 2.28. The van der Waals surface area contributed by atoms with Crippen molar-refractivity contribution in [1.29, 1.82) is 0 Å². The summed E-state index contributed by atoms with van der Waals surface area (Å²) in [5, 5.41) is 12.5. The van der Waals surface area contributed by atoms with Gasteiger partial charge in [0, 0.05) is 6.54 Å². The summed E-state index contributed by atoms with van der Waals surface area (Å²) in [6, 6.07) is 14.4. The molecule has 9 nitrogen and oxygen atoms in total. The minimum Gasteiger partial charge on any atom is -0.493 e. The van der Waals surface area contributed by atoms with E-state index >= 15 is 0 Å². The van der Waals surface area contributed by atoms with E-state index in [-0.39, 0.29) is 18.0 Å². The molecule has 9 heteroatoms. The molecule has 0 spiro atoms. The molecule has 2 heterocycles. The van der Waals surface area contributed by atoms with Crippen LogP contribution < -0.4 is 20.3 Å². The maximum atomic E-state index is 13.5. The molecule has 4 rings (SSSR count). The Kier molecular flexibility index (Phi) is 7.38. The lowest BCUT2D eigenvalue weighted by molar-refractivity contribution is -0.125. The molecule has 0 aliphatic carbocycles. The molecule has 1 amide bonds. The molecule has 36 heavy (non-hydrogen) atoms. The summed E-state index contributed by atoms with van der Waals surface area (Å²) in [4.78, 5) is 26.7. The van der Waals surface area contributed by atoms with E-state index in [0.717, 1.165) is 11.3 Å². The molecule has 0 fully saturated rings. The average molecular weight is 490 g/mol. The molecule has 188 valence electrons. The second-order valence-corrected chi connectivity index (χ2v) is 8.45. The number of nitrogens with zero attached hydrogens (tertiary/aromatic N) is 4. The average Bonchev–Trinajstić information content (AvgIpc) is 3.25. The molecule has 0 saturated carbocycles. The van der Waals surface area contributed by atoms with Gasteiger partial charge in [-0.15, -0.1) is 0 Å². The zero-order chi connectivity index (χ0) is 25.8. The highest BCUT2D eigenvalue weighted by molar-refractivity contribution is 5.84. The lowest BCUT2D eigenvalue weighted by atomic mass is 10.1. The summed E-state index contributed by atoms with van der Waals surface area (Å²) >= 11 is 0. The van der Waals surface area contributed by atoms with Crippen LogP contribution in [-0.4, -0.2) is 39.2 Å². The number of methoxy groups -OCH3 is 1. The van der Waals surface area contributed by atoms with Gasteiger partial charge in [0.2, 0.25) is 5.91 Å². The molecular formula is C27H31N5O4. The van der Waals surface area contributed by atoms with Crippen LogP contribution in [0.25, 0.3) is 16.6 Å². The summed E-state index contributed by atoms with van der Waals surface area (Å²) < 4.78 is 14.0. The van der Waals surface area contributed by atoms with Crippen LogP contribution in [0.4, 0.5) is 0 Å². The van der Waals surface area contributed by atoms with E-state index in [1.54, 1.807) is 18.7 Å². The number of aryl methyl sites for hydroxylation is 2. The molecular weight excluding hydrogens is 458 g/mol. The van der Waals surface area contributed by atoms with E-state index in [1.807, 2.05) is 69.3 Å². The number of aromatic nitrogens is 4. The van der Waals surface area contributed by atoms with Gasteiger partial charge in [-0.3, -0.25) is 9.59 Å². The first-order chi connectivity index (χ1) is 17.4. The number of carbonyl (C=O) groups is 1. The van der Waals surface area contributed by atoms with Crippen LogP contribution in [0.15, 0.2) is 53.3 Å². The number of ether oxygens (including phenoxy) is 2. The summed E-state index contributed by atoms with van der Waals surface area (Å²) in [6.07, 6.45) is 0.405. The van der Waals surface area contributed by atoms with Crippen molar-refractivity contribution in [2.75, 3.05) is 13.7 Å². The number of hydrogen-bond donors (Lipinski definition) is 1. The molecule has 0 radical (unpaired) electrons. The van der Waals surface area contributed by atoms with Crippen molar-refractivity contribution in [3.05, 3.63) is 75.8 Å². The zero-order valence-corrected chi connectivity index (χ0v) is 21.2. The maximum absolute atomic E-state index is 13.5. The van der Waals surface area contributed by atoms with Gasteiger partial charge >= 0.3 is 0 Å². The standard InChI is InChI=1S/C27H31N5O4/c1-6-21(26(33)28-16-19-13-14-22(36-7-2)23(15-19)35-5)32-27(34)24-18(4)31(20-11-9-8-10-12-20)30-25(24)17(3)29-32/h8-15,21H,6-7,16H2,1-5H3,(H,28,33). The van der Waals surface area contributed by atoms with Gasteiger partial charge < -0.3 is 14.8 Å². The molecule has 1 atom stereocenters. The maximum Gasteiger partial charge on any atom is 0.278 e. The lowest BCUT2D eigenvalue weighted by Crippen LogP contribution is -2.38. The van der Waals surface area contributed by atoms with Crippen molar-refractivity contribution in [1.82, 2.24) is 24.9 Å². The lowest BCUT2D eigenvalue weighted by Gasteiger charge is -2.18. The first-order valence-electron chi connectivity index (χ1n) is 12.0. The van der Waals surface area contributed by atoms with Crippen molar-refractivity contribution in [3.8, 4) is 17.2 Å². The fourth-order valence-corrected chi connectivity index (χ4v) is 4.29. The predicted octanol–water partition coefficient (Wildman–Crippen LogP) is 3.87. The molecule has 1 N–H and O–H groups in total. The van der Waals surface area contributed by atoms with E-state index in [2.05, 4.69) is 15.5 Å². The Morgan fingerprint density at radius 1 is 1.06 bits per heavy atom. The van der Waals surface area contributed by atoms with Gasteiger partial charge in [0.1, 0.15) is 11.6 Å². The number of para-hydroxylation sites is 1. The number of hydrogen-bond acceptors (Lipinski definition) is 6. The highest BCUT2D eigenvalue weighted by atomic mass is 16.5. The van der Waals surface area contributed by atoms with E-state index < -0.39 is 6.04 Å². The largest absolute Gasteiger partial charge is 0.493 e. The Bertz CT molecular complexity index is 1440. The van der Waals surface area contributed by atoms with Gasteiger partial charge in [-0.1, -0.05) is 31.2 Å². The Hall–Kier alpha value is -4.14. The Morgan fingerprint density at radius 2 is 1.81 bits per heavy atom. The molecule has 1 unspecified atom stereocenters. The second kappa shape index (κ2) is 10.6. The van der Waals surface area contributed by atoms with Crippen LogP contribution in [-0.2, 0) is 11.3 Å². The number of amides is 1. The topological polar surface area (TPSA) is 100 Å². The first kappa shape index (κ1) is 25.0. The van der Waals surface area contributed by atoms with Crippen LogP contribution in [0.3, 0.4) is 0 Å². The smallest absolute Gasteiger partial charge is 0.278 e. The van der Waals surface area contributed by atoms with Gasteiger partial charge in [-0.25, -0.2) is 9.36 Å². The number of benzene rings is 2. The summed E-state index contributed by atoms with van der Waals surface area (Å²) in [6.45, 7) is 8.23. The van der Waals surface area contributed by atoms with Crippen molar-refractivity contribution in [2.45, 2.75) is 46.7 Å². The van der Waals surface area contributed by atoms with E-state index in [1.165, 1.54) is 4.68 Å². The van der Waals surface area contributed by atoms with Gasteiger partial charge in [-0.2, -0.15) is 10.2 Å². The molecule has 2 aromatic heterocycles. The van der Waals surface area contributed by atoms with E-state index in [4.69, 9.17) is 9.47 Å². The van der Waals surface area contributed by atoms with Crippen LogP contribution >= 0.6 is 0 Å². The molecule has 0 aliphatic heterocycles. The number of carbonyl (C=O) groups excluding carboxylic acids is 1. The van der Waals surface area contributed by atoms with E-state index in [9.17, 15) is 9.59 Å². The van der Waals surface area contributed by atoms with E-state index in [0.29, 0.717) is 46.8 Å². The molecule has 0 bridgehead atoms. The fraction of sp³-hybridized carbons (Fsp3) is 0.333. The Balaban J connectivity index is 1.63. The fourth-order valence-electron chi connectivity index (χ4n) is 4.29. The van der Waals surface area contributed by atoms with Crippen LogP contribution in [0, 0.1) is 13.8 Å². The molecule has 4 aromatic rings. The van der Waals surface area contributed by atoms with Crippen molar-refractivity contribution < 1.29 is 14.3 Å².